The summed E-state index contributed by atoms with van der Waals surface area (Å²) in [6.45, 7) is 6.32. The molecule has 152 valence electrons. The molecule has 0 saturated heterocycles. The molecule has 0 bridgehead atoms. The lowest BCUT2D eigenvalue weighted by Crippen LogP contribution is -2.23. The average molecular weight is 523 g/mol. The van der Waals surface area contributed by atoms with E-state index in [-0.39, 0.29) is 17.2 Å². The zero-order chi connectivity index (χ0) is 21.1. The molecule has 29 heavy (non-hydrogen) atoms. The summed E-state index contributed by atoms with van der Waals surface area (Å²) < 4.78 is 8.10. The van der Waals surface area contributed by atoms with E-state index in [1.807, 2.05) is 32.9 Å². The van der Waals surface area contributed by atoms with Gasteiger partial charge in [-0.1, -0.05) is 29.8 Å². The van der Waals surface area contributed by atoms with Crippen molar-refractivity contribution >= 4 is 49.0 Å². The number of fused-ring (bicyclic) bond motifs is 1. The van der Waals surface area contributed by atoms with E-state index in [2.05, 4.69) is 37.0 Å². The van der Waals surface area contributed by atoms with E-state index in [9.17, 15) is 9.90 Å². The number of phenols is 1. The Morgan fingerprint density at radius 1 is 1.28 bits per heavy atom. The Kier molecular flexibility index (Phi) is 6.74. The minimum Gasteiger partial charge on any atom is -0.503 e. The summed E-state index contributed by atoms with van der Waals surface area (Å²) in [5.41, 5.74) is 1.09. The lowest BCUT2D eigenvalue weighted by Gasteiger charge is -2.14. The molecular formula is C21H21Br2N3O3. The fourth-order valence-corrected chi connectivity index (χ4v) is 3.66. The molecule has 0 unspecified atom stereocenters. The van der Waals surface area contributed by atoms with E-state index in [4.69, 9.17) is 9.72 Å². The molecule has 8 heteroatoms. The van der Waals surface area contributed by atoms with Crippen LogP contribution in [0.3, 0.4) is 0 Å². The van der Waals surface area contributed by atoms with Crippen molar-refractivity contribution in [3.05, 3.63) is 61.0 Å². The zero-order valence-corrected chi connectivity index (χ0v) is 19.5. The molecule has 2 aromatic carbocycles. The molecular weight excluding hydrogens is 502 g/mol. The molecule has 0 saturated carbocycles. The molecule has 1 N–H and O–H groups in total. The molecule has 0 aliphatic carbocycles. The van der Waals surface area contributed by atoms with E-state index in [0.29, 0.717) is 39.1 Å². The van der Waals surface area contributed by atoms with Crippen LogP contribution >= 0.6 is 31.9 Å². The Balaban J connectivity index is 2.16. The SMILES string of the molecule is CCOc1cc(C=Nn2c([C@@H](C)CC)nc3ccc(Br)cc3c2=O)cc(Br)c1O. The average Bonchev–Trinajstić information content (AvgIpc) is 2.70. The quantitative estimate of drug-likeness (QED) is 0.438. The largest absolute Gasteiger partial charge is 0.503 e. The number of phenolic OH excluding ortho intramolecular Hbond substituents is 1. The van der Waals surface area contributed by atoms with E-state index >= 15 is 0 Å². The Bertz CT molecular complexity index is 1140. The topological polar surface area (TPSA) is 76.7 Å². The molecule has 0 aliphatic rings. The van der Waals surface area contributed by atoms with Gasteiger partial charge in [-0.2, -0.15) is 9.78 Å². The molecule has 0 spiro atoms. The van der Waals surface area contributed by atoms with Gasteiger partial charge in [0, 0.05) is 10.4 Å². The van der Waals surface area contributed by atoms with Crippen LogP contribution in [0, 0.1) is 0 Å². The van der Waals surface area contributed by atoms with Gasteiger partial charge in [-0.05, 0) is 65.2 Å². The van der Waals surface area contributed by atoms with Crippen LogP contribution in [0.5, 0.6) is 11.5 Å². The van der Waals surface area contributed by atoms with Gasteiger partial charge >= 0.3 is 0 Å². The number of benzene rings is 2. The van der Waals surface area contributed by atoms with Crippen LogP contribution in [-0.4, -0.2) is 27.6 Å². The molecule has 3 aromatic rings. The normalized spacial score (nSPS) is 12.6. The van der Waals surface area contributed by atoms with Crippen molar-refractivity contribution < 1.29 is 9.84 Å². The second kappa shape index (κ2) is 9.09. The van der Waals surface area contributed by atoms with Crippen molar-refractivity contribution in [2.24, 2.45) is 5.10 Å². The van der Waals surface area contributed by atoms with E-state index in [1.54, 1.807) is 24.4 Å². The highest BCUT2D eigenvalue weighted by Crippen LogP contribution is 2.35. The number of rotatable bonds is 6. The fraction of sp³-hybridized carbons (Fsp3) is 0.286. The monoisotopic (exact) mass is 521 g/mol. The number of ether oxygens (including phenoxy) is 1. The first-order valence-electron chi connectivity index (χ1n) is 9.27. The van der Waals surface area contributed by atoms with Crippen LogP contribution in [0.15, 0.2) is 49.2 Å². The van der Waals surface area contributed by atoms with Gasteiger partial charge in [0.2, 0.25) is 0 Å². The maximum atomic E-state index is 13.1. The third kappa shape index (κ3) is 4.53. The summed E-state index contributed by atoms with van der Waals surface area (Å²) in [6.07, 6.45) is 2.38. The highest BCUT2D eigenvalue weighted by molar-refractivity contribution is 9.10. The Hall–Kier alpha value is -2.19. The second-order valence-electron chi connectivity index (χ2n) is 6.58. The Morgan fingerprint density at radius 2 is 2.03 bits per heavy atom. The molecule has 0 amide bonds. The van der Waals surface area contributed by atoms with E-state index < -0.39 is 0 Å². The van der Waals surface area contributed by atoms with Crippen LogP contribution in [0.25, 0.3) is 10.9 Å². The number of hydrogen-bond acceptors (Lipinski definition) is 5. The number of aromatic hydroxyl groups is 1. The molecule has 0 aliphatic heterocycles. The molecule has 0 radical (unpaired) electrons. The van der Waals surface area contributed by atoms with Gasteiger partial charge < -0.3 is 9.84 Å². The first-order valence-corrected chi connectivity index (χ1v) is 10.9. The predicted molar refractivity (Wildman–Crippen MR) is 122 cm³/mol. The van der Waals surface area contributed by atoms with Gasteiger partial charge in [0.25, 0.3) is 5.56 Å². The molecule has 6 nitrogen and oxygen atoms in total. The molecule has 3 rings (SSSR count). The lowest BCUT2D eigenvalue weighted by molar-refractivity contribution is 0.317. The molecule has 1 aromatic heterocycles. The summed E-state index contributed by atoms with van der Waals surface area (Å²) in [7, 11) is 0. The van der Waals surface area contributed by atoms with Gasteiger partial charge in [0.1, 0.15) is 5.82 Å². The summed E-state index contributed by atoms with van der Waals surface area (Å²) in [5.74, 6) is 1.03. The van der Waals surface area contributed by atoms with Gasteiger partial charge in [-0.25, -0.2) is 4.98 Å². The fourth-order valence-electron chi connectivity index (χ4n) is 2.84. The van der Waals surface area contributed by atoms with Crippen molar-refractivity contribution in [3.8, 4) is 11.5 Å². The van der Waals surface area contributed by atoms with Crippen molar-refractivity contribution in [3.63, 3.8) is 0 Å². The first kappa shape index (κ1) is 21.5. The van der Waals surface area contributed by atoms with E-state index in [1.165, 1.54) is 4.68 Å². The summed E-state index contributed by atoms with van der Waals surface area (Å²) >= 11 is 6.73. The first-order chi connectivity index (χ1) is 13.8. The van der Waals surface area contributed by atoms with Crippen LogP contribution in [0.1, 0.15) is 44.5 Å². The van der Waals surface area contributed by atoms with Crippen molar-refractivity contribution in [1.82, 2.24) is 9.66 Å². The van der Waals surface area contributed by atoms with Crippen molar-refractivity contribution in [2.45, 2.75) is 33.1 Å². The van der Waals surface area contributed by atoms with Crippen LogP contribution in [-0.2, 0) is 0 Å². The van der Waals surface area contributed by atoms with Gasteiger partial charge in [0.15, 0.2) is 11.5 Å². The van der Waals surface area contributed by atoms with Crippen molar-refractivity contribution in [1.29, 1.82) is 0 Å². The lowest BCUT2D eigenvalue weighted by atomic mass is 10.1. The molecule has 0 fully saturated rings. The predicted octanol–water partition coefficient (Wildman–Crippen LogP) is 5.42. The Labute approximate surface area is 185 Å². The standard InChI is InChI=1S/C21H21Br2N3O3/c1-4-12(3)20-25-17-7-6-14(22)10-15(17)21(28)26(20)24-11-13-8-16(23)19(27)18(9-13)29-5-2/h6-12,27H,4-5H2,1-3H3/t12-/m0/s1. The summed E-state index contributed by atoms with van der Waals surface area (Å²) in [6, 6.07) is 8.83. The van der Waals surface area contributed by atoms with Crippen LogP contribution in [0.4, 0.5) is 0 Å². The van der Waals surface area contributed by atoms with Crippen molar-refractivity contribution in [2.75, 3.05) is 6.61 Å². The highest BCUT2D eigenvalue weighted by atomic mass is 79.9. The number of nitrogens with zero attached hydrogens (tertiary/aromatic N) is 3. The highest BCUT2D eigenvalue weighted by Gasteiger charge is 2.16. The zero-order valence-electron chi connectivity index (χ0n) is 16.3. The third-order valence-corrected chi connectivity index (χ3v) is 5.66. The minimum atomic E-state index is -0.231. The summed E-state index contributed by atoms with van der Waals surface area (Å²) in [4.78, 5) is 17.8. The Morgan fingerprint density at radius 3 is 2.72 bits per heavy atom. The minimum absolute atomic E-state index is 0.0266. The van der Waals surface area contributed by atoms with Gasteiger partial charge in [0.05, 0.1) is 28.2 Å². The smallest absolute Gasteiger partial charge is 0.282 e. The summed E-state index contributed by atoms with van der Waals surface area (Å²) in [5, 5.41) is 15.0. The van der Waals surface area contributed by atoms with Gasteiger partial charge in [-0.3, -0.25) is 4.79 Å². The molecule has 1 atom stereocenters. The number of hydrogen-bond donors (Lipinski definition) is 1. The maximum Gasteiger partial charge on any atom is 0.282 e. The third-order valence-electron chi connectivity index (χ3n) is 4.56. The maximum absolute atomic E-state index is 13.1. The van der Waals surface area contributed by atoms with Gasteiger partial charge in [-0.15, -0.1) is 0 Å². The second-order valence-corrected chi connectivity index (χ2v) is 8.35. The molecule has 1 heterocycles. The van der Waals surface area contributed by atoms with Crippen LogP contribution in [0.2, 0.25) is 0 Å². The number of halogens is 2. The van der Waals surface area contributed by atoms with E-state index in [0.717, 1.165) is 10.9 Å². The van der Waals surface area contributed by atoms with Crippen LogP contribution < -0.4 is 10.3 Å². The number of aromatic nitrogens is 2.